The van der Waals surface area contributed by atoms with Crippen LogP contribution in [0.5, 0.6) is 0 Å². The summed E-state index contributed by atoms with van der Waals surface area (Å²) in [7, 11) is 0. The molecule has 22 heavy (non-hydrogen) atoms. The average molecular weight is 339 g/mol. The molecule has 2 heterocycles. The van der Waals surface area contributed by atoms with Crippen molar-refractivity contribution in [3.05, 3.63) is 39.4 Å². The molecule has 5 nitrogen and oxygen atoms in total. The lowest BCUT2D eigenvalue weighted by Gasteiger charge is -2.13. The normalized spacial score (nSPS) is 17.8. The molecule has 3 rings (SSSR count). The number of hydrogen-bond donors (Lipinski definition) is 2. The Balaban J connectivity index is 1.69. The number of aromatic amines is 1. The van der Waals surface area contributed by atoms with Gasteiger partial charge in [-0.1, -0.05) is 17.7 Å². The predicted octanol–water partition coefficient (Wildman–Crippen LogP) is 3.69. The van der Waals surface area contributed by atoms with Crippen LogP contribution in [-0.4, -0.2) is 27.5 Å². The maximum Gasteiger partial charge on any atom is 0.195 e. The van der Waals surface area contributed by atoms with Crippen molar-refractivity contribution in [3.63, 3.8) is 0 Å². The van der Waals surface area contributed by atoms with Gasteiger partial charge in [-0.05, 0) is 49.7 Å². The molecule has 0 spiro atoms. The topological polar surface area (TPSA) is 54.9 Å². The number of benzene rings is 1. The molecule has 2 N–H and O–H groups in total. The second-order valence-electron chi connectivity index (χ2n) is 5.51. The Kier molecular flexibility index (Phi) is 4.81. The minimum atomic E-state index is 0.233. The molecular formula is C15H19ClN4OS. The molecule has 1 fully saturated rings. The van der Waals surface area contributed by atoms with E-state index in [0.717, 1.165) is 48.1 Å². The van der Waals surface area contributed by atoms with Crippen LogP contribution >= 0.6 is 23.8 Å². The summed E-state index contributed by atoms with van der Waals surface area (Å²) >= 11 is 11.5. The first-order chi connectivity index (χ1) is 10.6. The number of aryl methyl sites for hydroxylation is 1. The van der Waals surface area contributed by atoms with E-state index in [1.165, 1.54) is 0 Å². The Morgan fingerprint density at radius 3 is 3.14 bits per heavy atom. The number of anilines is 1. The summed E-state index contributed by atoms with van der Waals surface area (Å²) in [6.07, 6.45) is 2.43. The molecule has 118 valence electrons. The van der Waals surface area contributed by atoms with Gasteiger partial charge in [-0.25, -0.2) is 0 Å². The quantitative estimate of drug-likeness (QED) is 0.816. The summed E-state index contributed by atoms with van der Waals surface area (Å²) in [4.78, 5) is 0. The standard InChI is InChI=1S/C15H19ClN4OS/c1-10-4-5-11(7-13(10)16)17-8-14-18-19-15(22)20(14)9-12-3-2-6-21-12/h4-5,7,12,17H,2-3,6,8-9H2,1H3,(H,19,22)/t12-/m0/s1. The van der Waals surface area contributed by atoms with E-state index >= 15 is 0 Å². The van der Waals surface area contributed by atoms with Crippen LogP contribution in [0.3, 0.4) is 0 Å². The SMILES string of the molecule is Cc1ccc(NCc2n[nH]c(=S)n2C[C@@H]2CCCO2)cc1Cl. The molecule has 0 amide bonds. The van der Waals surface area contributed by atoms with Crippen LogP contribution < -0.4 is 5.32 Å². The number of hydrogen-bond acceptors (Lipinski definition) is 4. The molecule has 1 atom stereocenters. The average Bonchev–Trinajstić information content (AvgIpc) is 3.13. The largest absolute Gasteiger partial charge is 0.378 e. The lowest BCUT2D eigenvalue weighted by atomic mass is 10.2. The molecule has 1 aliphatic rings. The van der Waals surface area contributed by atoms with Gasteiger partial charge >= 0.3 is 0 Å². The van der Waals surface area contributed by atoms with Crippen LogP contribution in [0.1, 0.15) is 24.2 Å². The van der Waals surface area contributed by atoms with Gasteiger partial charge in [0.1, 0.15) is 0 Å². The molecule has 7 heteroatoms. The van der Waals surface area contributed by atoms with Gasteiger partial charge in [0.2, 0.25) is 0 Å². The Labute approximate surface area is 139 Å². The van der Waals surface area contributed by atoms with Crippen LogP contribution in [0.25, 0.3) is 0 Å². The van der Waals surface area contributed by atoms with Crippen molar-refractivity contribution >= 4 is 29.5 Å². The summed E-state index contributed by atoms with van der Waals surface area (Å²) in [6.45, 7) is 4.16. The van der Waals surface area contributed by atoms with Crippen molar-refractivity contribution in [2.75, 3.05) is 11.9 Å². The minimum Gasteiger partial charge on any atom is -0.378 e. The Bertz CT molecular complexity index is 706. The smallest absolute Gasteiger partial charge is 0.195 e. The van der Waals surface area contributed by atoms with E-state index in [2.05, 4.69) is 15.5 Å². The van der Waals surface area contributed by atoms with Crippen LogP contribution in [0.4, 0.5) is 5.69 Å². The number of nitrogens with zero attached hydrogens (tertiary/aromatic N) is 2. The van der Waals surface area contributed by atoms with E-state index in [1.807, 2.05) is 29.7 Å². The van der Waals surface area contributed by atoms with Crippen LogP contribution in [0, 0.1) is 11.7 Å². The summed E-state index contributed by atoms with van der Waals surface area (Å²) in [5.41, 5.74) is 2.03. The van der Waals surface area contributed by atoms with Crippen molar-refractivity contribution in [3.8, 4) is 0 Å². The van der Waals surface area contributed by atoms with Gasteiger partial charge in [-0.2, -0.15) is 5.10 Å². The van der Waals surface area contributed by atoms with Crippen molar-refractivity contribution < 1.29 is 4.74 Å². The highest BCUT2D eigenvalue weighted by atomic mass is 35.5. The van der Waals surface area contributed by atoms with E-state index in [4.69, 9.17) is 28.6 Å². The number of nitrogens with one attached hydrogen (secondary N) is 2. The Morgan fingerprint density at radius 1 is 1.55 bits per heavy atom. The van der Waals surface area contributed by atoms with Gasteiger partial charge < -0.3 is 14.6 Å². The van der Waals surface area contributed by atoms with E-state index in [-0.39, 0.29) is 6.10 Å². The van der Waals surface area contributed by atoms with Crippen LogP contribution in [0.2, 0.25) is 5.02 Å². The monoisotopic (exact) mass is 338 g/mol. The van der Waals surface area contributed by atoms with Crippen molar-refractivity contribution in [2.45, 2.75) is 39.0 Å². The van der Waals surface area contributed by atoms with Gasteiger partial charge in [0.25, 0.3) is 0 Å². The molecule has 1 aromatic carbocycles. The third-order valence-corrected chi connectivity index (χ3v) is 4.59. The zero-order chi connectivity index (χ0) is 15.5. The molecule has 0 unspecified atom stereocenters. The zero-order valence-corrected chi connectivity index (χ0v) is 14.0. The first-order valence-corrected chi connectivity index (χ1v) is 8.18. The highest BCUT2D eigenvalue weighted by Crippen LogP contribution is 2.20. The summed E-state index contributed by atoms with van der Waals surface area (Å²) < 4.78 is 8.32. The molecule has 0 saturated carbocycles. The molecule has 2 aromatic rings. The third kappa shape index (κ3) is 3.51. The third-order valence-electron chi connectivity index (χ3n) is 3.87. The van der Waals surface area contributed by atoms with Crippen molar-refractivity contribution in [2.24, 2.45) is 0 Å². The fourth-order valence-electron chi connectivity index (χ4n) is 2.55. The maximum absolute atomic E-state index is 6.14. The summed E-state index contributed by atoms with van der Waals surface area (Å²) in [5.74, 6) is 0.872. The lowest BCUT2D eigenvalue weighted by Crippen LogP contribution is -2.18. The Morgan fingerprint density at radius 2 is 2.41 bits per heavy atom. The van der Waals surface area contributed by atoms with Gasteiger partial charge in [0.15, 0.2) is 10.6 Å². The molecular weight excluding hydrogens is 320 g/mol. The first kappa shape index (κ1) is 15.5. The van der Waals surface area contributed by atoms with E-state index in [9.17, 15) is 0 Å². The highest BCUT2D eigenvalue weighted by molar-refractivity contribution is 7.71. The number of rotatable bonds is 5. The molecule has 1 aromatic heterocycles. The Hall–Kier alpha value is -1.37. The number of aromatic nitrogens is 3. The fraction of sp³-hybridized carbons (Fsp3) is 0.467. The van der Waals surface area contributed by atoms with E-state index in [0.29, 0.717) is 11.3 Å². The number of halogens is 1. The van der Waals surface area contributed by atoms with Gasteiger partial charge in [-0.15, -0.1) is 0 Å². The predicted molar refractivity (Wildman–Crippen MR) is 89.9 cm³/mol. The van der Waals surface area contributed by atoms with Crippen LogP contribution in [0.15, 0.2) is 18.2 Å². The molecule has 0 radical (unpaired) electrons. The molecule has 0 aliphatic carbocycles. The van der Waals surface area contributed by atoms with E-state index < -0.39 is 0 Å². The van der Waals surface area contributed by atoms with Gasteiger partial charge in [0.05, 0.1) is 19.2 Å². The number of H-pyrrole nitrogens is 1. The fourth-order valence-corrected chi connectivity index (χ4v) is 2.96. The lowest BCUT2D eigenvalue weighted by molar-refractivity contribution is 0.0959. The molecule has 0 bridgehead atoms. The summed E-state index contributed by atoms with van der Waals surface area (Å²) in [5, 5.41) is 11.3. The summed E-state index contributed by atoms with van der Waals surface area (Å²) in [6, 6.07) is 5.92. The number of ether oxygens (including phenoxy) is 1. The second kappa shape index (κ2) is 6.81. The second-order valence-corrected chi connectivity index (χ2v) is 6.30. The van der Waals surface area contributed by atoms with E-state index in [1.54, 1.807) is 0 Å². The van der Waals surface area contributed by atoms with Crippen molar-refractivity contribution in [1.82, 2.24) is 14.8 Å². The van der Waals surface area contributed by atoms with Gasteiger partial charge in [-0.3, -0.25) is 5.10 Å². The van der Waals surface area contributed by atoms with Crippen LogP contribution in [-0.2, 0) is 17.8 Å². The highest BCUT2D eigenvalue weighted by Gasteiger charge is 2.18. The first-order valence-electron chi connectivity index (χ1n) is 7.39. The van der Waals surface area contributed by atoms with Gasteiger partial charge in [0, 0.05) is 17.3 Å². The zero-order valence-electron chi connectivity index (χ0n) is 12.4. The molecule has 1 saturated heterocycles. The molecule has 1 aliphatic heterocycles. The minimum absolute atomic E-state index is 0.233. The maximum atomic E-state index is 6.14. The van der Waals surface area contributed by atoms with Crippen molar-refractivity contribution in [1.29, 1.82) is 0 Å².